The molecule has 0 saturated carbocycles. The first-order chi connectivity index (χ1) is 17.0. The van der Waals surface area contributed by atoms with Crippen LogP contribution in [0.4, 0.5) is 0 Å². The lowest BCUT2D eigenvalue weighted by Crippen LogP contribution is -2.53. The molecule has 0 saturated heterocycles. The maximum atomic E-state index is 13.3. The maximum Gasteiger partial charge on any atom is 0.328 e. The molecule has 2 N–H and O–H groups in total. The van der Waals surface area contributed by atoms with Gasteiger partial charge in [-0.05, 0) is 38.7 Å². The van der Waals surface area contributed by atoms with Crippen molar-refractivity contribution in [1.29, 1.82) is 0 Å². The molecule has 6 heteroatoms. The number of nitrogens with one attached hydrogen (secondary N) is 2. The molecule has 0 aliphatic carbocycles. The second-order valence-corrected chi connectivity index (χ2v) is 8.53. The van der Waals surface area contributed by atoms with Gasteiger partial charge in [0.25, 0.3) is 0 Å². The molecule has 4 rings (SSSR count). The highest BCUT2D eigenvalue weighted by Crippen LogP contribution is 2.29. The number of hydrogen-bond acceptors (Lipinski definition) is 4. The van der Waals surface area contributed by atoms with Crippen LogP contribution in [0.15, 0.2) is 84.9 Å². The minimum Gasteiger partial charge on any atom is -0.467 e. The second kappa shape index (κ2) is 10.8. The molecule has 0 aliphatic rings. The minimum absolute atomic E-state index is 0.248. The molecule has 0 fully saturated rings. The molecule has 0 aliphatic heterocycles. The van der Waals surface area contributed by atoms with Crippen molar-refractivity contribution in [2.24, 2.45) is 0 Å². The zero-order valence-corrected chi connectivity index (χ0v) is 19.8. The van der Waals surface area contributed by atoms with Gasteiger partial charge in [-0.15, -0.1) is 0 Å². The molecule has 4 aromatic carbocycles. The summed E-state index contributed by atoms with van der Waals surface area (Å²) in [5, 5.41) is 9.68. The van der Waals surface area contributed by atoms with Crippen molar-refractivity contribution in [2.45, 2.75) is 31.8 Å². The van der Waals surface area contributed by atoms with Crippen molar-refractivity contribution in [3.05, 3.63) is 96.1 Å². The molecular weight excluding hydrogens is 440 g/mol. The quantitative estimate of drug-likeness (QED) is 0.303. The summed E-state index contributed by atoms with van der Waals surface area (Å²) in [4.78, 5) is 37.9. The molecule has 0 unspecified atom stereocenters. The third kappa shape index (κ3) is 5.66. The first-order valence-electron chi connectivity index (χ1n) is 11.5. The van der Waals surface area contributed by atoms with E-state index in [-0.39, 0.29) is 12.3 Å². The van der Waals surface area contributed by atoms with Gasteiger partial charge in [-0.1, -0.05) is 78.9 Å². The normalized spacial score (nSPS) is 12.6. The van der Waals surface area contributed by atoms with Crippen LogP contribution < -0.4 is 10.6 Å². The average molecular weight is 469 g/mol. The highest BCUT2D eigenvalue weighted by atomic mass is 16.5. The molecule has 178 valence electrons. The topological polar surface area (TPSA) is 84.5 Å². The van der Waals surface area contributed by atoms with Crippen LogP contribution in [-0.2, 0) is 32.0 Å². The molecule has 35 heavy (non-hydrogen) atoms. The Labute approximate surface area is 204 Å². The molecule has 0 bridgehead atoms. The number of benzene rings is 4. The Morgan fingerprint density at radius 2 is 1.31 bits per heavy atom. The summed E-state index contributed by atoms with van der Waals surface area (Å²) in [5.41, 5.74) is 1.85. The van der Waals surface area contributed by atoms with E-state index in [2.05, 4.69) is 16.7 Å². The molecule has 2 atom stereocenters. The van der Waals surface area contributed by atoms with E-state index in [0.717, 1.165) is 32.7 Å². The van der Waals surface area contributed by atoms with Crippen LogP contribution in [0.1, 0.15) is 18.1 Å². The van der Waals surface area contributed by atoms with Crippen LogP contribution >= 0.6 is 0 Å². The second-order valence-electron chi connectivity index (χ2n) is 8.53. The summed E-state index contributed by atoms with van der Waals surface area (Å²) in [5.74, 6) is -1.31. The van der Waals surface area contributed by atoms with E-state index in [9.17, 15) is 14.4 Å². The first kappa shape index (κ1) is 24.0. The Hall–Kier alpha value is -4.19. The van der Waals surface area contributed by atoms with E-state index >= 15 is 0 Å². The van der Waals surface area contributed by atoms with E-state index in [4.69, 9.17) is 4.74 Å². The fourth-order valence-corrected chi connectivity index (χ4v) is 4.44. The van der Waals surface area contributed by atoms with Gasteiger partial charge in [0.15, 0.2) is 0 Å². The molecule has 0 heterocycles. The van der Waals surface area contributed by atoms with E-state index in [1.807, 2.05) is 78.9 Å². The number of carbonyl (C=O) groups excluding carboxylic acids is 3. The number of esters is 1. The smallest absolute Gasteiger partial charge is 0.328 e. The fraction of sp³-hybridized carbons (Fsp3) is 0.207. The van der Waals surface area contributed by atoms with Gasteiger partial charge in [-0.25, -0.2) is 4.79 Å². The number of carbonyl (C=O) groups is 3. The largest absolute Gasteiger partial charge is 0.467 e. The molecule has 0 radical (unpaired) electrons. The highest BCUT2D eigenvalue weighted by Gasteiger charge is 2.28. The average Bonchev–Trinajstić information content (AvgIpc) is 2.87. The summed E-state index contributed by atoms with van der Waals surface area (Å²) < 4.78 is 5.05. The predicted molar refractivity (Wildman–Crippen MR) is 137 cm³/mol. The van der Waals surface area contributed by atoms with Gasteiger partial charge >= 0.3 is 5.97 Å². The van der Waals surface area contributed by atoms with Crippen molar-refractivity contribution in [2.75, 3.05) is 7.11 Å². The van der Waals surface area contributed by atoms with E-state index in [1.165, 1.54) is 14.0 Å². The van der Waals surface area contributed by atoms with E-state index in [0.29, 0.717) is 6.42 Å². The van der Waals surface area contributed by atoms with Gasteiger partial charge in [0.2, 0.25) is 11.8 Å². The molecule has 0 aromatic heterocycles. The third-order valence-corrected chi connectivity index (χ3v) is 6.07. The number of fused-ring (bicyclic) bond motifs is 2. The Morgan fingerprint density at radius 3 is 1.89 bits per heavy atom. The Balaban J connectivity index is 1.67. The molecule has 4 aromatic rings. The molecule has 0 spiro atoms. The van der Waals surface area contributed by atoms with Crippen molar-refractivity contribution < 1.29 is 19.1 Å². The van der Waals surface area contributed by atoms with Crippen LogP contribution in [-0.4, -0.2) is 37.0 Å². The number of amides is 2. The fourth-order valence-electron chi connectivity index (χ4n) is 4.44. The van der Waals surface area contributed by atoms with Crippen LogP contribution in [0.25, 0.3) is 21.5 Å². The number of rotatable bonds is 8. The summed E-state index contributed by atoms with van der Waals surface area (Å²) in [7, 11) is 1.30. The van der Waals surface area contributed by atoms with Gasteiger partial charge in [0.1, 0.15) is 12.1 Å². The SMILES string of the molecule is COC(=O)[C@H](Cc1c2ccccc2cc2ccccc12)NC(=O)[C@@H](Cc1ccccc1)NC(C)=O. The lowest BCUT2D eigenvalue weighted by atomic mass is 9.92. The summed E-state index contributed by atoms with van der Waals surface area (Å²) in [6, 6.07) is 25.7. The Bertz CT molecular complexity index is 1310. The number of methoxy groups -OCH3 is 1. The monoisotopic (exact) mass is 468 g/mol. The van der Waals surface area contributed by atoms with Crippen LogP contribution in [0, 0.1) is 0 Å². The van der Waals surface area contributed by atoms with Gasteiger partial charge in [-0.3, -0.25) is 9.59 Å². The standard InChI is InChI=1S/C29H28N2O4/c1-19(32)30-26(16-20-10-4-3-5-11-20)28(33)31-27(29(34)35-2)18-25-23-14-8-6-12-21(23)17-22-13-7-9-15-24(22)25/h3-15,17,26-27H,16,18H2,1-2H3,(H,30,32)(H,31,33)/t26-,27+/m1/s1. The number of hydrogen-bond donors (Lipinski definition) is 2. The van der Waals surface area contributed by atoms with Gasteiger partial charge < -0.3 is 15.4 Å². The minimum atomic E-state index is -0.922. The van der Waals surface area contributed by atoms with Gasteiger partial charge in [-0.2, -0.15) is 0 Å². The zero-order chi connectivity index (χ0) is 24.8. The van der Waals surface area contributed by atoms with Gasteiger partial charge in [0.05, 0.1) is 7.11 Å². The van der Waals surface area contributed by atoms with Gasteiger partial charge in [0, 0.05) is 19.8 Å². The van der Waals surface area contributed by atoms with Crippen molar-refractivity contribution >= 4 is 39.3 Å². The zero-order valence-electron chi connectivity index (χ0n) is 19.8. The van der Waals surface area contributed by atoms with Crippen LogP contribution in [0.2, 0.25) is 0 Å². The summed E-state index contributed by atoms with van der Waals surface area (Å²) in [6.07, 6.45) is 0.551. The van der Waals surface area contributed by atoms with Crippen molar-refractivity contribution in [3.8, 4) is 0 Å². The summed E-state index contributed by atoms with van der Waals surface area (Å²) >= 11 is 0. The highest BCUT2D eigenvalue weighted by molar-refractivity contribution is 6.03. The maximum absolute atomic E-state index is 13.3. The van der Waals surface area contributed by atoms with E-state index in [1.54, 1.807) is 0 Å². The van der Waals surface area contributed by atoms with E-state index < -0.39 is 24.0 Å². The predicted octanol–water partition coefficient (Wildman–Crippen LogP) is 3.94. The number of ether oxygens (including phenoxy) is 1. The summed E-state index contributed by atoms with van der Waals surface area (Å²) in [6.45, 7) is 1.37. The van der Waals surface area contributed by atoms with Crippen molar-refractivity contribution in [1.82, 2.24) is 10.6 Å². The van der Waals surface area contributed by atoms with Crippen molar-refractivity contribution in [3.63, 3.8) is 0 Å². The Morgan fingerprint density at radius 1 is 0.743 bits per heavy atom. The molecular formula is C29H28N2O4. The first-order valence-corrected chi connectivity index (χ1v) is 11.5. The lowest BCUT2D eigenvalue weighted by molar-refractivity contribution is -0.145. The molecule has 6 nitrogen and oxygen atoms in total. The third-order valence-electron chi connectivity index (χ3n) is 6.07. The van der Waals surface area contributed by atoms with Crippen LogP contribution in [0.5, 0.6) is 0 Å². The lowest BCUT2D eigenvalue weighted by Gasteiger charge is -2.23. The van der Waals surface area contributed by atoms with Crippen LogP contribution in [0.3, 0.4) is 0 Å². The molecule has 2 amide bonds. The Kier molecular flexibility index (Phi) is 7.41.